The van der Waals surface area contributed by atoms with Crippen molar-refractivity contribution in [1.29, 1.82) is 0 Å². The van der Waals surface area contributed by atoms with E-state index in [9.17, 15) is 8.78 Å². The lowest BCUT2D eigenvalue weighted by atomic mass is 10.3. The molecule has 1 aromatic carbocycles. The summed E-state index contributed by atoms with van der Waals surface area (Å²) in [4.78, 5) is 0. The summed E-state index contributed by atoms with van der Waals surface area (Å²) in [5.74, 6) is -0.219. The van der Waals surface area contributed by atoms with Gasteiger partial charge in [-0.05, 0) is 70.2 Å². The zero-order valence-corrected chi connectivity index (χ0v) is 18.5. The van der Waals surface area contributed by atoms with Crippen molar-refractivity contribution in [3.8, 4) is 0 Å². The van der Waals surface area contributed by atoms with Crippen LogP contribution < -0.4 is 5.30 Å². The van der Waals surface area contributed by atoms with E-state index >= 15 is 0 Å². The van der Waals surface area contributed by atoms with Gasteiger partial charge in [0.2, 0.25) is 0 Å². The van der Waals surface area contributed by atoms with Crippen molar-refractivity contribution in [3.05, 3.63) is 66.0 Å². The van der Waals surface area contributed by atoms with Crippen molar-refractivity contribution < 1.29 is 8.78 Å². The Labute approximate surface area is 166 Å². The van der Waals surface area contributed by atoms with Gasteiger partial charge in [0.05, 0.1) is 6.33 Å². The van der Waals surface area contributed by atoms with Crippen LogP contribution in [0.5, 0.6) is 0 Å². The Morgan fingerprint density at radius 2 is 1.96 bits per heavy atom. The molecule has 0 aromatic heterocycles. The highest BCUT2D eigenvalue weighted by atomic mass is 31.2. The van der Waals surface area contributed by atoms with Gasteiger partial charge in [0, 0.05) is 19.8 Å². The van der Waals surface area contributed by atoms with Crippen molar-refractivity contribution in [2.45, 2.75) is 58.0 Å². The number of benzene rings is 1. The van der Waals surface area contributed by atoms with E-state index in [0.717, 1.165) is 38.7 Å². The van der Waals surface area contributed by atoms with Crippen LogP contribution in [0.2, 0.25) is 0 Å². The minimum absolute atomic E-state index is 0.219. The zero-order valence-electron chi connectivity index (χ0n) is 16.6. The van der Waals surface area contributed by atoms with E-state index in [1.54, 1.807) is 0 Å². The maximum atomic E-state index is 13.5. The highest BCUT2D eigenvalue weighted by Crippen LogP contribution is 2.64. The summed E-state index contributed by atoms with van der Waals surface area (Å²) in [5, 5.41) is 2.67. The predicted octanol–water partition coefficient (Wildman–Crippen LogP) is 7.43. The van der Waals surface area contributed by atoms with Gasteiger partial charge < -0.3 is 0 Å². The molecule has 1 nitrogen and oxygen atoms in total. The highest BCUT2D eigenvalue weighted by Gasteiger charge is 2.43. The fourth-order valence-corrected chi connectivity index (χ4v) is 8.19. The first-order valence-electron chi connectivity index (χ1n) is 9.80. The SMILES string of the molecule is C\C=C/C(=C\C=C\F)P(c1ccc(F)cc1)N(CCCC)PC1(CC)CC1. The van der Waals surface area contributed by atoms with Crippen LogP contribution in [0.3, 0.4) is 0 Å². The molecule has 148 valence electrons. The van der Waals surface area contributed by atoms with Crippen molar-refractivity contribution in [3.63, 3.8) is 0 Å². The van der Waals surface area contributed by atoms with E-state index in [1.165, 1.54) is 37.5 Å². The molecule has 0 aliphatic heterocycles. The van der Waals surface area contributed by atoms with E-state index in [0.29, 0.717) is 11.5 Å². The highest BCUT2D eigenvalue weighted by molar-refractivity contribution is 7.73. The molecule has 0 spiro atoms. The number of hydrogen-bond acceptors (Lipinski definition) is 1. The van der Waals surface area contributed by atoms with E-state index in [2.05, 4.69) is 24.4 Å². The van der Waals surface area contributed by atoms with Crippen molar-refractivity contribution in [2.24, 2.45) is 0 Å². The number of halogens is 2. The molecule has 0 bridgehead atoms. The Kier molecular flexibility index (Phi) is 9.30. The second-order valence-corrected chi connectivity index (χ2v) is 11.3. The fraction of sp³-hybridized carbons (Fsp3) is 0.455. The summed E-state index contributed by atoms with van der Waals surface area (Å²) < 4.78 is 28.9. The van der Waals surface area contributed by atoms with Crippen LogP contribution in [0.1, 0.15) is 52.9 Å². The fourth-order valence-electron chi connectivity index (χ4n) is 3.00. The summed E-state index contributed by atoms with van der Waals surface area (Å²) in [6.07, 6.45) is 14.0. The quantitative estimate of drug-likeness (QED) is 0.271. The Morgan fingerprint density at radius 1 is 1.26 bits per heavy atom. The van der Waals surface area contributed by atoms with Crippen molar-refractivity contribution in [2.75, 3.05) is 6.54 Å². The van der Waals surface area contributed by atoms with E-state index < -0.39 is 8.07 Å². The second-order valence-electron chi connectivity index (χ2n) is 6.92. The second kappa shape index (κ2) is 11.2. The molecular formula is C22H31F2NP2. The normalized spacial score (nSPS) is 18.4. The van der Waals surface area contributed by atoms with Gasteiger partial charge in [0.1, 0.15) is 5.82 Å². The van der Waals surface area contributed by atoms with Crippen LogP contribution in [0, 0.1) is 5.82 Å². The van der Waals surface area contributed by atoms with Crippen LogP contribution in [0.15, 0.2) is 60.2 Å². The molecule has 27 heavy (non-hydrogen) atoms. The lowest BCUT2D eigenvalue weighted by Crippen LogP contribution is -2.21. The molecule has 0 radical (unpaired) electrons. The third kappa shape index (κ3) is 6.60. The van der Waals surface area contributed by atoms with Gasteiger partial charge in [-0.15, -0.1) is 0 Å². The van der Waals surface area contributed by atoms with E-state index in [1.807, 2.05) is 31.2 Å². The molecule has 2 rings (SSSR count). The standard InChI is InChI=1S/C22H31F2NP2/c1-4-7-18-25(26-22(6-3)15-16-22)27(20(9-5-2)10-8-17-23)21-13-11-19(24)12-14-21/h5,8-14,17,26H,4,6-7,15-16,18H2,1-3H3/b9-5-,17-8+,20-10+. The molecule has 2 atom stereocenters. The maximum absolute atomic E-state index is 13.5. The lowest BCUT2D eigenvalue weighted by Gasteiger charge is -2.35. The van der Waals surface area contributed by atoms with Crippen LogP contribution in [0.4, 0.5) is 8.78 Å². The molecule has 5 heteroatoms. The Bertz CT molecular complexity index is 663. The Morgan fingerprint density at radius 3 is 2.48 bits per heavy atom. The molecular weight excluding hydrogens is 378 g/mol. The molecule has 0 heterocycles. The molecule has 1 aliphatic carbocycles. The summed E-state index contributed by atoms with van der Waals surface area (Å²) in [6.45, 7) is 7.50. The Balaban J connectivity index is 2.46. The first-order chi connectivity index (χ1) is 13.1. The van der Waals surface area contributed by atoms with Gasteiger partial charge in [0.15, 0.2) is 0 Å². The topological polar surface area (TPSA) is 3.24 Å². The number of nitrogens with zero attached hydrogens (tertiary/aromatic N) is 1. The van der Waals surface area contributed by atoms with Gasteiger partial charge in [-0.3, -0.25) is 4.44 Å². The van der Waals surface area contributed by atoms with Crippen LogP contribution >= 0.6 is 16.8 Å². The number of unbranched alkanes of at least 4 members (excludes halogenated alkanes) is 1. The van der Waals surface area contributed by atoms with Gasteiger partial charge >= 0.3 is 0 Å². The zero-order chi connectivity index (χ0) is 19.7. The maximum Gasteiger partial charge on any atom is 0.123 e. The molecule has 2 unspecified atom stereocenters. The molecule has 0 amide bonds. The molecule has 0 N–H and O–H groups in total. The average Bonchev–Trinajstić information content (AvgIpc) is 3.45. The van der Waals surface area contributed by atoms with Gasteiger partial charge in [-0.2, -0.15) is 0 Å². The predicted molar refractivity (Wildman–Crippen MR) is 118 cm³/mol. The molecule has 1 aliphatic rings. The van der Waals surface area contributed by atoms with Crippen LogP contribution in [-0.2, 0) is 0 Å². The minimum atomic E-state index is -0.819. The third-order valence-electron chi connectivity index (χ3n) is 4.85. The van der Waals surface area contributed by atoms with Crippen molar-refractivity contribution in [1.82, 2.24) is 4.44 Å². The summed E-state index contributed by atoms with van der Waals surface area (Å²) in [6, 6.07) is 6.87. The minimum Gasteiger partial charge on any atom is -0.255 e. The van der Waals surface area contributed by atoms with Crippen LogP contribution in [0.25, 0.3) is 0 Å². The van der Waals surface area contributed by atoms with Gasteiger partial charge in [0.25, 0.3) is 0 Å². The first-order valence-corrected chi connectivity index (χ1v) is 12.0. The van der Waals surface area contributed by atoms with E-state index in [-0.39, 0.29) is 5.82 Å². The average molecular weight is 409 g/mol. The summed E-state index contributed by atoms with van der Waals surface area (Å²) in [7, 11) is -0.0665. The number of hydrogen-bond donors (Lipinski definition) is 0. The Hall–Kier alpha value is -0.880. The molecule has 1 aromatic rings. The van der Waals surface area contributed by atoms with Gasteiger partial charge in [-0.25, -0.2) is 8.78 Å². The van der Waals surface area contributed by atoms with Crippen molar-refractivity contribution >= 4 is 22.1 Å². The monoisotopic (exact) mass is 409 g/mol. The van der Waals surface area contributed by atoms with E-state index in [4.69, 9.17) is 0 Å². The lowest BCUT2D eigenvalue weighted by molar-refractivity contribution is 0.627. The smallest absolute Gasteiger partial charge is 0.123 e. The number of rotatable bonds is 11. The summed E-state index contributed by atoms with van der Waals surface area (Å²) in [5.41, 5.74) is 0. The van der Waals surface area contributed by atoms with Gasteiger partial charge in [-0.1, -0.05) is 50.6 Å². The molecule has 1 fully saturated rings. The largest absolute Gasteiger partial charge is 0.255 e. The number of allylic oxidation sites excluding steroid dienone is 5. The third-order valence-corrected chi connectivity index (χ3v) is 9.82. The summed E-state index contributed by atoms with van der Waals surface area (Å²) >= 11 is 0. The molecule has 0 saturated heterocycles. The first kappa shape index (κ1) is 22.4. The molecule has 1 saturated carbocycles. The van der Waals surface area contributed by atoms with Crippen LogP contribution in [-0.4, -0.2) is 16.1 Å².